The number of aliphatic carboxylic acids is 1. The van der Waals surface area contributed by atoms with Gasteiger partial charge in [0.05, 0.1) is 6.04 Å². The van der Waals surface area contributed by atoms with Crippen LogP contribution in [-0.4, -0.2) is 88.9 Å². The molecule has 0 saturated carbocycles. The van der Waals surface area contributed by atoms with Gasteiger partial charge in [-0.2, -0.15) is 0 Å². The van der Waals surface area contributed by atoms with Crippen LogP contribution in [0.25, 0.3) is 0 Å². The van der Waals surface area contributed by atoms with Crippen molar-refractivity contribution in [2.75, 3.05) is 13.1 Å². The maximum atomic E-state index is 13.5. The molecule has 0 spiro atoms. The Bertz CT molecular complexity index is 1140. The van der Waals surface area contributed by atoms with Gasteiger partial charge in [0.25, 0.3) is 0 Å². The van der Waals surface area contributed by atoms with Gasteiger partial charge in [0.15, 0.2) is 5.96 Å². The summed E-state index contributed by atoms with van der Waals surface area (Å²) in [4.78, 5) is 70.0. The van der Waals surface area contributed by atoms with E-state index in [1.54, 1.807) is 37.3 Å². The van der Waals surface area contributed by atoms with E-state index in [9.17, 15) is 29.1 Å². The van der Waals surface area contributed by atoms with E-state index >= 15 is 0 Å². The first-order valence-corrected chi connectivity index (χ1v) is 14.6. The van der Waals surface area contributed by atoms with Crippen molar-refractivity contribution >= 4 is 35.6 Å². The van der Waals surface area contributed by atoms with Gasteiger partial charge in [-0.3, -0.25) is 24.2 Å². The first-order valence-electron chi connectivity index (χ1n) is 14.6. The van der Waals surface area contributed by atoms with Crippen molar-refractivity contribution in [1.82, 2.24) is 20.9 Å². The first-order chi connectivity index (χ1) is 20.3. The zero-order valence-corrected chi connectivity index (χ0v) is 25.1. The Hall–Kier alpha value is -4.20. The number of carboxylic acid groups (broad SMARTS) is 1. The van der Waals surface area contributed by atoms with E-state index in [-0.39, 0.29) is 43.6 Å². The number of carbonyl (C=O) groups is 5. The van der Waals surface area contributed by atoms with Crippen molar-refractivity contribution < 1.29 is 29.1 Å². The molecular weight excluding hydrogens is 556 g/mol. The van der Waals surface area contributed by atoms with Crippen LogP contribution in [0, 0.1) is 5.92 Å². The van der Waals surface area contributed by atoms with Gasteiger partial charge in [0.1, 0.15) is 24.2 Å². The molecule has 14 heteroatoms. The monoisotopic (exact) mass is 602 g/mol. The van der Waals surface area contributed by atoms with E-state index in [2.05, 4.69) is 20.9 Å². The van der Waals surface area contributed by atoms with Gasteiger partial charge >= 0.3 is 5.97 Å². The van der Waals surface area contributed by atoms with Crippen LogP contribution >= 0.6 is 0 Å². The molecule has 238 valence electrons. The Morgan fingerprint density at radius 2 is 1.60 bits per heavy atom. The van der Waals surface area contributed by atoms with Crippen molar-refractivity contribution in [1.29, 1.82) is 0 Å². The topological polar surface area (TPSA) is 235 Å². The van der Waals surface area contributed by atoms with Crippen molar-refractivity contribution in [2.45, 2.75) is 89.5 Å². The number of nitrogens with zero attached hydrogens (tertiary/aromatic N) is 2. The van der Waals surface area contributed by atoms with Gasteiger partial charge < -0.3 is 43.2 Å². The Morgan fingerprint density at radius 1 is 0.977 bits per heavy atom. The standard InChI is InChI=1S/C29H46N8O6/c1-17(2)15-21(35-26(40)23-12-8-14-37(23)27(41)18(3)30)25(39)34-20(11-7-13-33-29(31)32)24(38)36-22(28(42)43)16-19-9-5-4-6-10-19/h4-6,9-10,17-18,20-23H,7-8,11-16,30H2,1-3H3,(H,34,39)(H,35,40)(H,36,38)(H,42,43)(H4,31,32,33)/t18-,20-,21-,22-,23-/m0/s1. The van der Waals surface area contributed by atoms with E-state index in [1.807, 2.05) is 13.8 Å². The van der Waals surface area contributed by atoms with E-state index in [0.29, 0.717) is 31.4 Å². The van der Waals surface area contributed by atoms with Gasteiger partial charge in [-0.1, -0.05) is 44.2 Å². The number of amides is 4. The Balaban J connectivity index is 2.21. The van der Waals surface area contributed by atoms with Crippen LogP contribution in [0.5, 0.6) is 0 Å². The molecule has 2 rings (SSSR count). The van der Waals surface area contributed by atoms with Crippen LogP contribution in [0.3, 0.4) is 0 Å². The zero-order chi connectivity index (χ0) is 32.1. The molecule has 1 saturated heterocycles. The summed E-state index contributed by atoms with van der Waals surface area (Å²) in [5.74, 6) is -3.48. The average molecular weight is 603 g/mol. The van der Waals surface area contributed by atoms with Crippen LogP contribution in [0.2, 0.25) is 0 Å². The van der Waals surface area contributed by atoms with Crippen LogP contribution in [-0.2, 0) is 30.4 Å². The highest BCUT2D eigenvalue weighted by Crippen LogP contribution is 2.19. The number of nitrogens with one attached hydrogen (secondary N) is 3. The molecule has 0 bridgehead atoms. The van der Waals surface area contributed by atoms with E-state index < -0.39 is 53.9 Å². The second-order valence-electron chi connectivity index (χ2n) is 11.3. The van der Waals surface area contributed by atoms with E-state index in [1.165, 1.54) is 4.90 Å². The van der Waals surface area contributed by atoms with Crippen LogP contribution < -0.4 is 33.2 Å². The fourth-order valence-electron chi connectivity index (χ4n) is 4.90. The number of rotatable bonds is 16. The summed E-state index contributed by atoms with van der Waals surface area (Å²) in [5, 5.41) is 17.8. The molecule has 1 aliphatic rings. The summed E-state index contributed by atoms with van der Waals surface area (Å²) in [6, 6.07) is 3.94. The Labute approximate surface area is 252 Å². The molecule has 10 N–H and O–H groups in total. The average Bonchev–Trinajstić information content (AvgIpc) is 3.43. The van der Waals surface area contributed by atoms with Crippen molar-refractivity contribution in [3.8, 4) is 0 Å². The van der Waals surface area contributed by atoms with E-state index in [0.717, 1.165) is 0 Å². The van der Waals surface area contributed by atoms with Crippen molar-refractivity contribution in [2.24, 2.45) is 28.1 Å². The third kappa shape index (κ3) is 11.5. The molecule has 14 nitrogen and oxygen atoms in total. The molecule has 0 aliphatic carbocycles. The number of likely N-dealkylation sites (tertiary alicyclic amines) is 1. The third-order valence-electron chi connectivity index (χ3n) is 7.04. The molecule has 0 unspecified atom stereocenters. The van der Waals surface area contributed by atoms with Crippen molar-refractivity contribution in [3.63, 3.8) is 0 Å². The quantitative estimate of drug-likeness (QED) is 0.0712. The number of hydrogen-bond donors (Lipinski definition) is 7. The molecule has 1 aromatic carbocycles. The lowest BCUT2D eigenvalue weighted by Gasteiger charge is -2.29. The summed E-state index contributed by atoms with van der Waals surface area (Å²) in [5.41, 5.74) is 17.3. The third-order valence-corrected chi connectivity index (χ3v) is 7.04. The number of nitrogens with two attached hydrogens (primary N) is 3. The number of carboxylic acids is 1. The lowest BCUT2D eigenvalue weighted by molar-refractivity contribution is -0.142. The Morgan fingerprint density at radius 3 is 2.19 bits per heavy atom. The zero-order valence-electron chi connectivity index (χ0n) is 25.1. The van der Waals surface area contributed by atoms with Gasteiger partial charge in [-0.05, 0) is 50.5 Å². The number of benzene rings is 1. The van der Waals surface area contributed by atoms with Crippen LogP contribution in [0.4, 0.5) is 0 Å². The highest BCUT2D eigenvalue weighted by atomic mass is 16.4. The molecule has 0 aromatic heterocycles. The van der Waals surface area contributed by atoms with Gasteiger partial charge in [0, 0.05) is 19.5 Å². The second-order valence-corrected chi connectivity index (χ2v) is 11.3. The minimum atomic E-state index is -1.24. The predicted molar refractivity (Wildman–Crippen MR) is 161 cm³/mol. The molecule has 1 heterocycles. The highest BCUT2D eigenvalue weighted by molar-refractivity contribution is 5.95. The molecule has 1 fully saturated rings. The van der Waals surface area contributed by atoms with Crippen LogP contribution in [0.15, 0.2) is 35.3 Å². The SMILES string of the molecule is CC(C)C[C@H](NC(=O)[C@@H]1CCCN1C(=O)[C@H](C)N)C(=O)N[C@@H](CCCN=C(N)N)C(=O)N[C@@H](Cc1ccccc1)C(=O)O. The molecule has 1 aromatic rings. The van der Waals surface area contributed by atoms with Gasteiger partial charge in [0.2, 0.25) is 23.6 Å². The smallest absolute Gasteiger partial charge is 0.326 e. The molecular formula is C29H46N8O6. The number of hydrogen-bond acceptors (Lipinski definition) is 7. The Kier molecular flexibility index (Phi) is 13.9. The summed E-state index contributed by atoms with van der Waals surface area (Å²) in [6.45, 7) is 5.90. The van der Waals surface area contributed by atoms with Crippen molar-refractivity contribution in [3.05, 3.63) is 35.9 Å². The molecule has 4 amide bonds. The number of carbonyl (C=O) groups excluding carboxylic acids is 4. The fraction of sp³-hybridized carbons (Fsp3) is 0.586. The minimum absolute atomic E-state index is 0.00201. The summed E-state index contributed by atoms with van der Waals surface area (Å²) < 4.78 is 0. The largest absolute Gasteiger partial charge is 0.480 e. The van der Waals surface area contributed by atoms with E-state index in [4.69, 9.17) is 17.2 Å². The second kappa shape index (κ2) is 17.0. The fourth-order valence-corrected chi connectivity index (χ4v) is 4.90. The molecule has 43 heavy (non-hydrogen) atoms. The molecule has 5 atom stereocenters. The summed E-state index contributed by atoms with van der Waals surface area (Å²) >= 11 is 0. The highest BCUT2D eigenvalue weighted by Gasteiger charge is 2.37. The predicted octanol–water partition coefficient (Wildman–Crippen LogP) is -0.794. The lowest BCUT2D eigenvalue weighted by Crippen LogP contribution is -2.58. The number of guanidine groups is 1. The normalized spacial score (nSPS) is 17.3. The lowest BCUT2D eigenvalue weighted by atomic mass is 10.0. The summed E-state index contributed by atoms with van der Waals surface area (Å²) in [6.07, 6.45) is 1.79. The summed E-state index contributed by atoms with van der Waals surface area (Å²) in [7, 11) is 0. The first kappa shape index (κ1) is 35.0. The van der Waals surface area contributed by atoms with Crippen LogP contribution in [0.1, 0.15) is 58.4 Å². The van der Waals surface area contributed by atoms with Gasteiger partial charge in [-0.15, -0.1) is 0 Å². The maximum Gasteiger partial charge on any atom is 0.326 e. The maximum absolute atomic E-state index is 13.5. The molecule has 0 radical (unpaired) electrons. The number of aliphatic imine (C=N–C) groups is 1. The molecule has 1 aliphatic heterocycles. The minimum Gasteiger partial charge on any atom is -0.480 e. The van der Waals surface area contributed by atoms with Gasteiger partial charge in [-0.25, -0.2) is 4.79 Å².